The van der Waals surface area contributed by atoms with E-state index in [1.54, 1.807) is 30.3 Å². The zero-order chi connectivity index (χ0) is 27.6. The molecule has 0 spiro atoms. The summed E-state index contributed by atoms with van der Waals surface area (Å²) in [6, 6.07) is 8.57. The maximum atomic E-state index is 14.1. The Morgan fingerprint density at radius 3 is 2.49 bits per heavy atom. The standard InChI is InChI=1S/C27H34F2N6O4/c1-27(2,3)39-26(36)30-17-8-10-18(11-9-17)38-22-16-21(32-25(33-22)34-12-14-37-15-13-34)35-20-7-5-4-6-19(20)31-24(35)23(28)29/h4-7,16-18,23H,8-15H2,1-3H3,(H,30,36). The number of alkyl carbamates (subject to hydrolysis) is 1. The minimum absolute atomic E-state index is 0.00418. The maximum absolute atomic E-state index is 14.1. The molecule has 2 fully saturated rings. The van der Waals surface area contributed by atoms with E-state index in [9.17, 15) is 13.6 Å². The van der Waals surface area contributed by atoms with E-state index in [0.717, 1.165) is 12.8 Å². The highest BCUT2D eigenvalue weighted by molar-refractivity contribution is 5.78. The number of hydrogen-bond donors (Lipinski definition) is 1. The van der Waals surface area contributed by atoms with Crippen molar-refractivity contribution in [1.29, 1.82) is 0 Å². The second-order valence-electron chi connectivity index (χ2n) is 10.8. The number of carbonyl (C=O) groups is 1. The normalized spacial score (nSPS) is 20.3. The van der Waals surface area contributed by atoms with Crippen LogP contribution in [0.5, 0.6) is 5.88 Å². The number of aromatic nitrogens is 4. The van der Waals surface area contributed by atoms with E-state index in [1.165, 1.54) is 4.57 Å². The largest absolute Gasteiger partial charge is 0.474 e. The van der Waals surface area contributed by atoms with Gasteiger partial charge in [-0.15, -0.1) is 0 Å². The zero-order valence-corrected chi connectivity index (χ0v) is 22.4. The van der Waals surface area contributed by atoms with Crippen LogP contribution < -0.4 is 15.0 Å². The van der Waals surface area contributed by atoms with Gasteiger partial charge in [0.2, 0.25) is 11.8 Å². The van der Waals surface area contributed by atoms with Crippen molar-refractivity contribution in [3.63, 3.8) is 0 Å². The van der Waals surface area contributed by atoms with Crippen LogP contribution in [-0.4, -0.2) is 69.7 Å². The Bertz CT molecular complexity index is 1300. The molecule has 12 heteroatoms. The fourth-order valence-corrected chi connectivity index (χ4v) is 4.88. The molecule has 1 N–H and O–H groups in total. The first-order valence-electron chi connectivity index (χ1n) is 13.3. The van der Waals surface area contributed by atoms with Gasteiger partial charge < -0.3 is 24.4 Å². The highest BCUT2D eigenvalue weighted by Crippen LogP contribution is 2.31. The minimum Gasteiger partial charge on any atom is -0.474 e. The van der Waals surface area contributed by atoms with Crippen LogP contribution in [0.15, 0.2) is 30.3 Å². The summed E-state index contributed by atoms with van der Waals surface area (Å²) in [5.74, 6) is 0.584. The van der Waals surface area contributed by atoms with Gasteiger partial charge in [-0.25, -0.2) is 18.6 Å². The van der Waals surface area contributed by atoms with Crippen LogP contribution in [-0.2, 0) is 9.47 Å². The molecule has 0 radical (unpaired) electrons. The summed E-state index contributed by atoms with van der Waals surface area (Å²) in [5, 5.41) is 2.93. The molecule has 39 heavy (non-hydrogen) atoms. The number of morpholine rings is 1. The van der Waals surface area contributed by atoms with Crippen molar-refractivity contribution in [1.82, 2.24) is 24.8 Å². The summed E-state index contributed by atoms with van der Waals surface area (Å²) < 4.78 is 46.7. The molecule has 0 atom stereocenters. The number of alkyl halides is 2. The lowest BCUT2D eigenvalue weighted by atomic mass is 9.93. The number of rotatable bonds is 6. The molecule has 1 aromatic carbocycles. The van der Waals surface area contributed by atoms with Crippen LogP contribution in [0.4, 0.5) is 19.5 Å². The lowest BCUT2D eigenvalue weighted by molar-refractivity contribution is 0.0469. The zero-order valence-electron chi connectivity index (χ0n) is 22.4. The number of anilines is 1. The predicted molar refractivity (Wildman–Crippen MR) is 141 cm³/mol. The topological polar surface area (TPSA) is 104 Å². The van der Waals surface area contributed by atoms with Gasteiger partial charge >= 0.3 is 6.09 Å². The van der Waals surface area contributed by atoms with Crippen molar-refractivity contribution in [3.8, 4) is 11.7 Å². The molecule has 10 nitrogen and oxygen atoms in total. The Morgan fingerprint density at radius 1 is 1.08 bits per heavy atom. The number of para-hydroxylation sites is 2. The van der Waals surface area contributed by atoms with E-state index < -0.39 is 18.1 Å². The number of benzene rings is 1. The smallest absolute Gasteiger partial charge is 0.407 e. The summed E-state index contributed by atoms with van der Waals surface area (Å²) in [6.45, 7) is 7.69. The second kappa shape index (κ2) is 11.3. The van der Waals surface area contributed by atoms with Gasteiger partial charge in [-0.2, -0.15) is 9.97 Å². The molecule has 2 aromatic heterocycles. The van der Waals surface area contributed by atoms with Gasteiger partial charge in [0.15, 0.2) is 5.82 Å². The fourth-order valence-electron chi connectivity index (χ4n) is 4.88. The van der Waals surface area contributed by atoms with E-state index in [2.05, 4.69) is 20.3 Å². The van der Waals surface area contributed by atoms with Crippen LogP contribution in [0, 0.1) is 0 Å². The van der Waals surface area contributed by atoms with Crippen molar-refractivity contribution in [2.24, 2.45) is 0 Å². The average molecular weight is 545 g/mol. The number of hydrogen-bond acceptors (Lipinski definition) is 8. The third kappa shape index (κ3) is 6.55. The predicted octanol–water partition coefficient (Wildman–Crippen LogP) is 4.80. The third-order valence-corrected chi connectivity index (χ3v) is 6.66. The summed E-state index contributed by atoms with van der Waals surface area (Å²) in [5.41, 5.74) is 0.426. The van der Waals surface area contributed by atoms with Crippen LogP contribution in [0.2, 0.25) is 0 Å². The molecular formula is C27H34F2N6O4. The number of imidazole rings is 1. The van der Waals surface area contributed by atoms with Gasteiger partial charge in [-0.3, -0.25) is 4.57 Å². The summed E-state index contributed by atoms with van der Waals surface area (Å²) in [6.07, 6.45) is -0.525. The number of amides is 1. The molecule has 1 saturated heterocycles. The summed E-state index contributed by atoms with van der Waals surface area (Å²) >= 11 is 0. The number of ether oxygens (including phenoxy) is 3. The van der Waals surface area contributed by atoms with Crippen LogP contribution in [0.3, 0.4) is 0 Å². The van der Waals surface area contributed by atoms with Crippen LogP contribution in [0.1, 0.15) is 58.7 Å². The molecular weight excluding hydrogens is 510 g/mol. The van der Waals surface area contributed by atoms with Gasteiger partial charge in [0.1, 0.15) is 17.5 Å². The quantitative estimate of drug-likeness (QED) is 0.472. The Hall–Kier alpha value is -3.54. The van der Waals surface area contributed by atoms with Crippen molar-refractivity contribution >= 4 is 23.1 Å². The van der Waals surface area contributed by atoms with Gasteiger partial charge in [0, 0.05) is 25.2 Å². The molecule has 2 aliphatic rings. The Kier molecular flexibility index (Phi) is 7.83. The highest BCUT2D eigenvalue weighted by atomic mass is 19.3. The highest BCUT2D eigenvalue weighted by Gasteiger charge is 2.28. The lowest BCUT2D eigenvalue weighted by Crippen LogP contribution is -2.42. The molecule has 1 aliphatic carbocycles. The Labute approximate surface area is 225 Å². The van der Waals surface area contributed by atoms with Gasteiger partial charge in [-0.1, -0.05) is 12.1 Å². The van der Waals surface area contributed by atoms with Gasteiger partial charge in [0.25, 0.3) is 6.43 Å². The number of nitrogens with zero attached hydrogens (tertiary/aromatic N) is 5. The lowest BCUT2D eigenvalue weighted by Gasteiger charge is -2.31. The van der Waals surface area contributed by atoms with E-state index in [0.29, 0.717) is 62.0 Å². The number of carbonyl (C=O) groups excluding carboxylic acids is 1. The number of nitrogens with one attached hydrogen (secondary N) is 1. The molecule has 0 unspecified atom stereocenters. The number of halogens is 2. The fraction of sp³-hybridized carbons (Fsp3) is 0.556. The molecule has 1 aliphatic heterocycles. The molecule has 210 valence electrons. The van der Waals surface area contributed by atoms with Crippen molar-refractivity contribution < 1.29 is 27.8 Å². The molecule has 1 saturated carbocycles. The molecule has 0 bridgehead atoms. The molecule has 3 aromatic rings. The van der Waals surface area contributed by atoms with Crippen molar-refractivity contribution in [2.75, 3.05) is 31.2 Å². The van der Waals surface area contributed by atoms with Crippen molar-refractivity contribution in [2.45, 2.75) is 70.6 Å². The van der Waals surface area contributed by atoms with Crippen LogP contribution >= 0.6 is 0 Å². The first-order chi connectivity index (χ1) is 18.7. The SMILES string of the molecule is CC(C)(C)OC(=O)NC1CCC(Oc2cc(-n3c(C(F)F)nc4ccccc43)nc(N3CCOCC3)n2)CC1. The average Bonchev–Trinajstić information content (AvgIpc) is 3.29. The van der Waals surface area contributed by atoms with Gasteiger partial charge in [0.05, 0.1) is 24.2 Å². The summed E-state index contributed by atoms with van der Waals surface area (Å²) in [7, 11) is 0. The Morgan fingerprint density at radius 2 is 1.79 bits per heavy atom. The first-order valence-corrected chi connectivity index (χ1v) is 13.3. The van der Waals surface area contributed by atoms with Crippen molar-refractivity contribution in [3.05, 3.63) is 36.2 Å². The first kappa shape index (κ1) is 27.0. The van der Waals surface area contributed by atoms with E-state index in [4.69, 9.17) is 14.2 Å². The van der Waals surface area contributed by atoms with E-state index in [1.807, 2.05) is 25.7 Å². The van der Waals surface area contributed by atoms with E-state index in [-0.39, 0.29) is 23.8 Å². The van der Waals surface area contributed by atoms with E-state index >= 15 is 0 Å². The minimum atomic E-state index is -2.80. The third-order valence-electron chi connectivity index (χ3n) is 6.66. The van der Waals surface area contributed by atoms with Gasteiger partial charge in [-0.05, 0) is 58.6 Å². The molecule has 5 rings (SSSR count). The van der Waals surface area contributed by atoms with Crippen LogP contribution in [0.25, 0.3) is 16.9 Å². The summed E-state index contributed by atoms with van der Waals surface area (Å²) in [4.78, 5) is 27.6. The number of fused-ring (bicyclic) bond motifs is 1. The molecule has 1 amide bonds. The molecule has 3 heterocycles. The monoisotopic (exact) mass is 544 g/mol. The second-order valence-corrected chi connectivity index (χ2v) is 10.8. The Balaban J connectivity index is 1.38. The maximum Gasteiger partial charge on any atom is 0.407 e.